The molecule has 23 heavy (non-hydrogen) atoms. The second kappa shape index (κ2) is 6.97. The Morgan fingerprint density at radius 2 is 1.74 bits per heavy atom. The summed E-state index contributed by atoms with van der Waals surface area (Å²) in [5, 5.41) is 0. The van der Waals surface area contributed by atoms with Gasteiger partial charge in [-0.2, -0.15) is 0 Å². The normalized spacial score (nSPS) is 10.3. The van der Waals surface area contributed by atoms with Gasteiger partial charge in [-0.3, -0.25) is 4.98 Å². The van der Waals surface area contributed by atoms with Gasteiger partial charge in [0.2, 0.25) is 0 Å². The van der Waals surface area contributed by atoms with Crippen molar-refractivity contribution in [2.24, 2.45) is 0 Å². The Balaban J connectivity index is 2.09. The van der Waals surface area contributed by atoms with Gasteiger partial charge in [-0.1, -0.05) is 37.3 Å². The number of hydrogen-bond donors (Lipinski definition) is 0. The summed E-state index contributed by atoms with van der Waals surface area (Å²) in [7, 11) is 1.66. The summed E-state index contributed by atoms with van der Waals surface area (Å²) >= 11 is 0. The summed E-state index contributed by atoms with van der Waals surface area (Å²) in [4.78, 5) is 4.48. The van der Waals surface area contributed by atoms with Crippen LogP contribution < -0.4 is 9.47 Å². The summed E-state index contributed by atoms with van der Waals surface area (Å²) in [6, 6.07) is 19.7. The van der Waals surface area contributed by atoms with Crippen molar-refractivity contribution in [2.75, 3.05) is 7.11 Å². The molecule has 2 aromatic carbocycles. The summed E-state index contributed by atoms with van der Waals surface area (Å²) in [5.41, 5.74) is 2.95. The van der Waals surface area contributed by atoms with E-state index in [0.29, 0.717) is 0 Å². The highest BCUT2D eigenvalue weighted by molar-refractivity contribution is 5.70. The zero-order valence-corrected chi connectivity index (χ0v) is 13.3. The first-order valence-corrected chi connectivity index (χ1v) is 7.67. The Morgan fingerprint density at radius 1 is 0.913 bits per heavy atom. The number of rotatable bonds is 5. The predicted molar refractivity (Wildman–Crippen MR) is 92.1 cm³/mol. The first kappa shape index (κ1) is 15.1. The van der Waals surface area contributed by atoms with Crippen LogP contribution in [-0.4, -0.2) is 12.1 Å². The predicted octanol–water partition coefficient (Wildman–Crippen LogP) is 5.11. The number of nitrogens with zero attached hydrogens (tertiary/aromatic N) is 1. The molecule has 0 fully saturated rings. The van der Waals surface area contributed by atoms with Crippen molar-refractivity contribution < 1.29 is 9.47 Å². The third-order valence-corrected chi connectivity index (χ3v) is 3.68. The molecule has 3 nitrogen and oxygen atoms in total. The SMILES string of the molecule is CCc1cccc(-c2cc(OC)ccn2)c1Oc1ccccc1. The van der Waals surface area contributed by atoms with E-state index >= 15 is 0 Å². The monoisotopic (exact) mass is 305 g/mol. The highest BCUT2D eigenvalue weighted by atomic mass is 16.5. The minimum absolute atomic E-state index is 0.780. The number of methoxy groups -OCH3 is 1. The van der Waals surface area contributed by atoms with E-state index in [0.717, 1.165) is 40.5 Å². The number of para-hydroxylation sites is 2. The third kappa shape index (κ3) is 3.34. The topological polar surface area (TPSA) is 31.4 Å². The number of pyridine rings is 1. The molecule has 0 atom stereocenters. The van der Waals surface area contributed by atoms with Crippen molar-refractivity contribution in [3.63, 3.8) is 0 Å². The lowest BCUT2D eigenvalue weighted by molar-refractivity contribution is 0.414. The Hall–Kier alpha value is -2.81. The van der Waals surface area contributed by atoms with Crippen LogP contribution in [0.15, 0.2) is 66.9 Å². The van der Waals surface area contributed by atoms with Crippen LogP contribution in [-0.2, 0) is 6.42 Å². The maximum absolute atomic E-state index is 6.18. The van der Waals surface area contributed by atoms with Gasteiger partial charge in [0.1, 0.15) is 17.2 Å². The van der Waals surface area contributed by atoms with E-state index in [1.165, 1.54) is 0 Å². The van der Waals surface area contributed by atoms with Crippen molar-refractivity contribution in [3.8, 4) is 28.5 Å². The van der Waals surface area contributed by atoms with Gasteiger partial charge in [0.25, 0.3) is 0 Å². The van der Waals surface area contributed by atoms with Crippen LogP contribution in [0.2, 0.25) is 0 Å². The minimum atomic E-state index is 0.780. The molecule has 3 heteroatoms. The first-order chi connectivity index (χ1) is 11.3. The Labute approximate surface area is 136 Å². The van der Waals surface area contributed by atoms with Gasteiger partial charge in [0.05, 0.1) is 12.8 Å². The maximum atomic E-state index is 6.18. The van der Waals surface area contributed by atoms with Crippen LogP contribution in [0.3, 0.4) is 0 Å². The lowest BCUT2D eigenvalue weighted by atomic mass is 10.0. The number of aromatic nitrogens is 1. The van der Waals surface area contributed by atoms with Gasteiger partial charge in [-0.25, -0.2) is 0 Å². The largest absolute Gasteiger partial charge is 0.497 e. The lowest BCUT2D eigenvalue weighted by Crippen LogP contribution is -1.95. The standard InChI is InChI=1S/C20H19NO2/c1-3-15-8-7-11-18(19-14-17(22-2)12-13-21-19)20(15)23-16-9-5-4-6-10-16/h4-14H,3H2,1-2H3. The lowest BCUT2D eigenvalue weighted by Gasteiger charge is -2.15. The first-order valence-electron chi connectivity index (χ1n) is 7.67. The van der Waals surface area contributed by atoms with Crippen LogP contribution in [0.25, 0.3) is 11.3 Å². The zero-order valence-electron chi connectivity index (χ0n) is 13.3. The second-order valence-corrected chi connectivity index (χ2v) is 5.14. The van der Waals surface area contributed by atoms with Gasteiger partial charge in [-0.15, -0.1) is 0 Å². The number of aryl methyl sites for hydroxylation is 1. The molecule has 0 unspecified atom stereocenters. The Kier molecular flexibility index (Phi) is 4.57. The number of benzene rings is 2. The molecule has 3 aromatic rings. The van der Waals surface area contributed by atoms with Gasteiger partial charge >= 0.3 is 0 Å². The fourth-order valence-electron chi connectivity index (χ4n) is 2.48. The van der Waals surface area contributed by atoms with Gasteiger partial charge in [0.15, 0.2) is 0 Å². The molecule has 116 valence electrons. The quantitative estimate of drug-likeness (QED) is 0.656. The highest BCUT2D eigenvalue weighted by Gasteiger charge is 2.13. The van der Waals surface area contributed by atoms with Crippen molar-refractivity contribution in [1.82, 2.24) is 4.98 Å². The van der Waals surface area contributed by atoms with Gasteiger partial charge in [-0.05, 0) is 36.2 Å². The molecule has 1 heterocycles. The third-order valence-electron chi connectivity index (χ3n) is 3.68. The Bertz CT molecular complexity index is 785. The molecule has 3 rings (SSSR count). The summed E-state index contributed by atoms with van der Waals surface area (Å²) in [6.07, 6.45) is 2.64. The summed E-state index contributed by atoms with van der Waals surface area (Å²) in [6.45, 7) is 2.12. The molecule has 0 saturated heterocycles. The number of hydrogen-bond acceptors (Lipinski definition) is 3. The van der Waals surface area contributed by atoms with Crippen LogP contribution in [0.5, 0.6) is 17.2 Å². The molecule has 1 aromatic heterocycles. The average Bonchev–Trinajstić information content (AvgIpc) is 2.63. The highest BCUT2D eigenvalue weighted by Crippen LogP contribution is 2.36. The molecular formula is C20H19NO2. The van der Waals surface area contributed by atoms with E-state index in [-0.39, 0.29) is 0 Å². The molecule has 0 bridgehead atoms. The van der Waals surface area contributed by atoms with E-state index in [9.17, 15) is 0 Å². The van der Waals surface area contributed by atoms with Crippen molar-refractivity contribution in [2.45, 2.75) is 13.3 Å². The van der Waals surface area contributed by atoms with E-state index < -0.39 is 0 Å². The smallest absolute Gasteiger partial charge is 0.139 e. The van der Waals surface area contributed by atoms with Crippen LogP contribution in [0.1, 0.15) is 12.5 Å². The van der Waals surface area contributed by atoms with Crippen LogP contribution >= 0.6 is 0 Å². The van der Waals surface area contributed by atoms with Crippen molar-refractivity contribution in [1.29, 1.82) is 0 Å². The van der Waals surface area contributed by atoms with Crippen LogP contribution in [0.4, 0.5) is 0 Å². The minimum Gasteiger partial charge on any atom is -0.497 e. The van der Waals surface area contributed by atoms with E-state index in [2.05, 4.69) is 18.0 Å². The molecule has 0 aliphatic carbocycles. The Morgan fingerprint density at radius 3 is 2.48 bits per heavy atom. The summed E-state index contributed by atoms with van der Waals surface area (Å²) < 4.78 is 11.5. The molecular weight excluding hydrogens is 286 g/mol. The molecule has 0 aliphatic heterocycles. The number of ether oxygens (including phenoxy) is 2. The fraction of sp³-hybridized carbons (Fsp3) is 0.150. The fourth-order valence-corrected chi connectivity index (χ4v) is 2.48. The maximum Gasteiger partial charge on any atom is 0.139 e. The van der Waals surface area contributed by atoms with Gasteiger partial charge < -0.3 is 9.47 Å². The van der Waals surface area contributed by atoms with Gasteiger partial charge in [0, 0.05) is 17.8 Å². The molecule has 0 amide bonds. The summed E-state index contributed by atoms with van der Waals surface area (Å²) in [5.74, 6) is 2.45. The molecule has 0 saturated carbocycles. The van der Waals surface area contributed by atoms with E-state index in [1.54, 1.807) is 13.3 Å². The average molecular weight is 305 g/mol. The second-order valence-electron chi connectivity index (χ2n) is 5.14. The van der Waals surface area contributed by atoms with Crippen molar-refractivity contribution >= 4 is 0 Å². The molecule has 0 aliphatic rings. The molecule has 0 N–H and O–H groups in total. The molecule has 0 spiro atoms. The van der Waals surface area contributed by atoms with Crippen LogP contribution in [0, 0.1) is 0 Å². The van der Waals surface area contributed by atoms with Crippen molar-refractivity contribution in [3.05, 3.63) is 72.4 Å². The zero-order chi connectivity index (χ0) is 16.1. The molecule has 0 radical (unpaired) electrons. The van der Waals surface area contributed by atoms with E-state index in [4.69, 9.17) is 9.47 Å². The van der Waals surface area contributed by atoms with E-state index in [1.807, 2.05) is 54.6 Å².